The van der Waals surface area contributed by atoms with E-state index in [1.165, 1.54) is 24.3 Å². The van der Waals surface area contributed by atoms with Gasteiger partial charge in [-0.3, -0.25) is 10.1 Å². The number of rotatable bonds is 6. The van der Waals surface area contributed by atoms with Crippen molar-refractivity contribution in [3.63, 3.8) is 0 Å². The maximum Gasteiger partial charge on any atom is 0.344 e. The fourth-order valence-electron chi connectivity index (χ4n) is 3.37. The van der Waals surface area contributed by atoms with Crippen LogP contribution in [-0.2, 0) is 9.84 Å². The van der Waals surface area contributed by atoms with Crippen LogP contribution < -0.4 is 4.74 Å². The number of non-ortho nitro benzene ring substituents is 1. The van der Waals surface area contributed by atoms with E-state index in [9.17, 15) is 23.3 Å². The Balaban J connectivity index is 1.59. The number of sulfone groups is 1. The first kappa shape index (κ1) is 22.9. The Morgan fingerprint density at radius 2 is 1.35 bits per heavy atom. The lowest BCUT2D eigenvalue weighted by Gasteiger charge is -2.11. The van der Waals surface area contributed by atoms with Gasteiger partial charge in [-0.05, 0) is 54.4 Å². The Bertz CT molecular complexity index is 1460. The highest BCUT2D eigenvalue weighted by Gasteiger charge is 2.26. The molecule has 0 spiro atoms. The van der Waals surface area contributed by atoms with Crippen molar-refractivity contribution < 1.29 is 22.9 Å². The number of hydrogen-bond acceptors (Lipinski definition) is 6. The molecule has 8 heteroatoms. The number of nitro groups is 1. The molecule has 0 fully saturated rings. The average Bonchev–Trinajstić information content (AvgIpc) is 2.85. The Kier molecular flexibility index (Phi) is 6.25. The van der Waals surface area contributed by atoms with Gasteiger partial charge in [0.2, 0.25) is 9.84 Å². The molecule has 34 heavy (non-hydrogen) atoms. The summed E-state index contributed by atoms with van der Waals surface area (Å²) in [5.74, 6) is -0.562. The van der Waals surface area contributed by atoms with Crippen LogP contribution in [0.4, 0.5) is 5.69 Å². The summed E-state index contributed by atoms with van der Waals surface area (Å²) in [5.41, 5.74) is 2.74. The minimum absolute atomic E-state index is 0.136. The van der Waals surface area contributed by atoms with Crippen LogP contribution in [0, 0.1) is 17.0 Å². The molecule has 4 aromatic rings. The predicted molar refractivity (Wildman–Crippen MR) is 127 cm³/mol. The fourth-order valence-corrected chi connectivity index (χ4v) is 4.81. The minimum atomic E-state index is -4.12. The summed E-state index contributed by atoms with van der Waals surface area (Å²) in [7, 11) is -4.12. The van der Waals surface area contributed by atoms with Gasteiger partial charge in [-0.15, -0.1) is 0 Å². The van der Waals surface area contributed by atoms with Gasteiger partial charge in [0, 0.05) is 12.1 Å². The Morgan fingerprint density at radius 1 is 0.794 bits per heavy atom. The number of carbonyl (C=O) groups is 1. The summed E-state index contributed by atoms with van der Waals surface area (Å²) in [6.45, 7) is 2.01. The van der Waals surface area contributed by atoms with E-state index in [2.05, 4.69) is 0 Å². The molecule has 0 saturated carbocycles. The second-order valence-corrected chi connectivity index (χ2v) is 9.45. The third-order valence-corrected chi connectivity index (χ3v) is 7.03. The summed E-state index contributed by atoms with van der Waals surface area (Å²) in [6, 6.07) is 25.1. The van der Waals surface area contributed by atoms with E-state index in [4.69, 9.17) is 4.74 Å². The van der Waals surface area contributed by atoms with Crippen molar-refractivity contribution >= 4 is 21.5 Å². The number of hydrogen-bond donors (Lipinski definition) is 0. The predicted octanol–water partition coefficient (Wildman–Crippen LogP) is 5.62. The van der Waals surface area contributed by atoms with Crippen LogP contribution in [0.2, 0.25) is 0 Å². The normalized spacial score (nSPS) is 11.1. The molecule has 0 unspecified atom stereocenters. The fraction of sp³-hybridized carbons (Fsp3) is 0.0385. The molecule has 4 rings (SSSR count). The van der Waals surface area contributed by atoms with Crippen molar-refractivity contribution in [2.24, 2.45) is 0 Å². The van der Waals surface area contributed by atoms with Crippen LogP contribution >= 0.6 is 0 Å². The average molecular weight is 474 g/mol. The van der Waals surface area contributed by atoms with Crippen molar-refractivity contribution in [3.05, 3.63) is 118 Å². The van der Waals surface area contributed by atoms with Crippen LogP contribution in [0.3, 0.4) is 0 Å². The van der Waals surface area contributed by atoms with Gasteiger partial charge in [-0.25, -0.2) is 13.2 Å². The van der Waals surface area contributed by atoms with Gasteiger partial charge >= 0.3 is 5.97 Å². The minimum Gasteiger partial charge on any atom is -0.423 e. The van der Waals surface area contributed by atoms with Crippen LogP contribution in [0.15, 0.2) is 107 Å². The van der Waals surface area contributed by atoms with Crippen LogP contribution in [0.1, 0.15) is 15.9 Å². The monoisotopic (exact) mass is 473 g/mol. The van der Waals surface area contributed by atoms with Crippen molar-refractivity contribution in [3.8, 4) is 16.9 Å². The summed E-state index contributed by atoms with van der Waals surface area (Å²) in [4.78, 5) is 22.7. The highest BCUT2D eigenvalue weighted by Crippen LogP contribution is 2.28. The van der Waals surface area contributed by atoms with Crippen molar-refractivity contribution in [1.82, 2.24) is 0 Å². The van der Waals surface area contributed by atoms with Gasteiger partial charge in [0.25, 0.3) is 5.69 Å². The maximum atomic E-state index is 13.1. The molecular formula is C26H19NO6S. The molecule has 0 aliphatic heterocycles. The van der Waals surface area contributed by atoms with Crippen molar-refractivity contribution in [2.75, 3.05) is 0 Å². The first-order chi connectivity index (χ1) is 16.3. The summed E-state index contributed by atoms with van der Waals surface area (Å²) >= 11 is 0. The summed E-state index contributed by atoms with van der Waals surface area (Å²) in [6.07, 6.45) is 0. The van der Waals surface area contributed by atoms with Gasteiger partial charge in [0.1, 0.15) is 5.75 Å². The van der Waals surface area contributed by atoms with E-state index in [1.54, 1.807) is 12.1 Å². The van der Waals surface area contributed by atoms with Crippen molar-refractivity contribution in [2.45, 2.75) is 16.7 Å². The maximum absolute atomic E-state index is 13.1. The van der Waals surface area contributed by atoms with E-state index < -0.39 is 20.7 Å². The molecule has 0 saturated heterocycles. The third-order valence-electron chi connectivity index (χ3n) is 5.20. The van der Waals surface area contributed by atoms with E-state index in [1.807, 2.05) is 43.3 Å². The SMILES string of the molecule is Cc1ccc(-c2ccc(OC(=O)c3ccccc3S(=O)(=O)c3ccc([N+](=O)[O-])cc3)cc2)cc1. The van der Waals surface area contributed by atoms with Crippen LogP contribution in [0.5, 0.6) is 5.75 Å². The summed E-state index contributed by atoms with van der Waals surface area (Å²) in [5, 5.41) is 10.9. The third kappa shape index (κ3) is 4.72. The number of carbonyl (C=O) groups excluding carboxylic acids is 1. The first-order valence-corrected chi connectivity index (χ1v) is 11.7. The van der Waals surface area contributed by atoms with Gasteiger partial charge in [0.05, 0.1) is 20.3 Å². The molecule has 7 nitrogen and oxygen atoms in total. The molecule has 0 aliphatic carbocycles. The molecule has 170 valence electrons. The van der Waals surface area contributed by atoms with Gasteiger partial charge in [-0.1, -0.05) is 54.1 Å². The molecule has 0 radical (unpaired) electrons. The second kappa shape index (κ2) is 9.29. The quantitative estimate of drug-likeness (QED) is 0.156. The molecule has 0 aliphatic rings. The largest absolute Gasteiger partial charge is 0.423 e. The zero-order chi connectivity index (χ0) is 24.3. The van der Waals surface area contributed by atoms with Gasteiger partial charge in [0.15, 0.2) is 0 Å². The topological polar surface area (TPSA) is 104 Å². The number of nitrogens with zero attached hydrogens (tertiary/aromatic N) is 1. The number of nitro benzene ring substituents is 1. The molecule has 0 N–H and O–H groups in total. The Hall–Kier alpha value is -4.30. The van der Waals surface area contributed by atoms with E-state index in [0.717, 1.165) is 41.0 Å². The molecule has 0 atom stereocenters. The zero-order valence-electron chi connectivity index (χ0n) is 18.0. The highest BCUT2D eigenvalue weighted by atomic mass is 32.2. The number of benzene rings is 4. The van der Waals surface area contributed by atoms with Crippen LogP contribution in [-0.4, -0.2) is 19.3 Å². The van der Waals surface area contributed by atoms with Crippen LogP contribution in [0.25, 0.3) is 11.1 Å². The molecule has 4 aromatic carbocycles. The second-order valence-electron chi connectivity index (χ2n) is 7.53. The van der Waals surface area contributed by atoms with Gasteiger partial charge in [-0.2, -0.15) is 0 Å². The Labute approximate surface area is 196 Å². The number of ether oxygens (including phenoxy) is 1. The molecule has 0 amide bonds. The summed E-state index contributed by atoms with van der Waals surface area (Å²) < 4.78 is 31.7. The molecule has 0 heterocycles. The first-order valence-electron chi connectivity index (χ1n) is 10.2. The molecular weight excluding hydrogens is 454 g/mol. The van der Waals surface area contributed by atoms with E-state index >= 15 is 0 Å². The lowest BCUT2D eigenvalue weighted by Crippen LogP contribution is -2.14. The standard InChI is InChI=1S/C26H19NO6S/c1-18-6-8-19(9-7-18)20-10-14-22(15-11-20)33-26(28)24-4-2-3-5-25(24)34(31,32)23-16-12-21(13-17-23)27(29)30/h2-17H,1H3. The smallest absolute Gasteiger partial charge is 0.344 e. The van der Waals surface area contributed by atoms with Crippen molar-refractivity contribution in [1.29, 1.82) is 0 Å². The number of esters is 1. The molecule has 0 aromatic heterocycles. The molecule has 0 bridgehead atoms. The zero-order valence-corrected chi connectivity index (χ0v) is 18.9. The number of aryl methyl sites for hydroxylation is 1. The highest BCUT2D eigenvalue weighted by molar-refractivity contribution is 7.91. The lowest BCUT2D eigenvalue weighted by atomic mass is 10.0. The lowest BCUT2D eigenvalue weighted by molar-refractivity contribution is -0.384. The van der Waals surface area contributed by atoms with E-state index in [0.29, 0.717) is 0 Å². The van der Waals surface area contributed by atoms with Gasteiger partial charge < -0.3 is 4.74 Å². The van der Waals surface area contributed by atoms with E-state index in [-0.39, 0.29) is 26.8 Å². The Morgan fingerprint density at radius 3 is 1.94 bits per heavy atom.